The minimum atomic E-state index is -0.213. The molecule has 15 heavy (non-hydrogen) atoms. The molecule has 0 spiro atoms. The number of hydrogen-bond donors (Lipinski definition) is 1. The number of halogens is 1. The highest BCUT2D eigenvalue weighted by atomic mass is 32.1. The van der Waals surface area contributed by atoms with Crippen molar-refractivity contribution >= 4 is 16.5 Å². The molecule has 0 atom stereocenters. The van der Waals surface area contributed by atoms with Crippen LogP contribution < -0.4 is 5.32 Å². The molecule has 1 aromatic carbocycles. The molecule has 2 aromatic rings. The van der Waals surface area contributed by atoms with Crippen molar-refractivity contribution in [3.05, 3.63) is 36.3 Å². The summed E-state index contributed by atoms with van der Waals surface area (Å²) in [6.45, 7) is 2.88. The maximum atomic E-state index is 12.7. The van der Waals surface area contributed by atoms with Crippen LogP contribution in [0.3, 0.4) is 0 Å². The van der Waals surface area contributed by atoms with E-state index in [0.717, 1.165) is 22.1 Å². The lowest BCUT2D eigenvalue weighted by atomic mass is 10.2. The monoisotopic (exact) mass is 222 g/mol. The molecule has 0 aliphatic heterocycles. The van der Waals surface area contributed by atoms with Gasteiger partial charge in [0.1, 0.15) is 5.82 Å². The molecular weight excluding hydrogens is 211 g/mol. The van der Waals surface area contributed by atoms with Crippen LogP contribution in [0.4, 0.5) is 9.52 Å². The number of rotatable bonds is 3. The predicted octanol–water partition coefficient (Wildman–Crippen LogP) is 3.38. The number of nitrogens with zero attached hydrogens (tertiary/aromatic N) is 1. The Morgan fingerprint density at radius 1 is 1.33 bits per heavy atom. The van der Waals surface area contributed by atoms with Gasteiger partial charge >= 0.3 is 0 Å². The van der Waals surface area contributed by atoms with Crippen molar-refractivity contribution in [2.45, 2.75) is 6.92 Å². The second-order valence-corrected chi connectivity index (χ2v) is 4.10. The van der Waals surface area contributed by atoms with E-state index in [1.807, 2.05) is 6.92 Å². The molecule has 78 valence electrons. The zero-order valence-electron chi connectivity index (χ0n) is 8.33. The Hall–Kier alpha value is -1.42. The van der Waals surface area contributed by atoms with E-state index >= 15 is 0 Å². The summed E-state index contributed by atoms with van der Waals surface area (Å²) >= 11 is 1.57. The maximum absolute atomic E-state index is 12.7. The van der Waals surface area contributed by atoms with E-state index in [0.29, 0.717) is 0 Å². The van der Waals surface area contributed by atoms with Crippen LogP contribution in [0.15, 0.2) is 30.5 Å². The molecule has 0 amide bonds. The zero-order chi connectivity index (χ0) is 10.7. The molecule has 4 heteroatoms. The van der Waals surface area contributed by atoms with E-state index < -0.39 is 0 Å². The number of anilines is 1. The SMILES string of the molecule is CCNc1ncc(-c2ccc(F)cc2)s1. The summed E-state index contributed by atoms with van der Waals surface area (Å²) in [5.74, 6) is -0.213. The van der Waals surface area contributed by atoms with Crippen LogP contribution in [-0.4, -0.2) is 11.5 Å². The smallest absolute Gasteiger partial charge is 0.183 e. The standard InChI is InChI=1S/C11H11FN2S/c1-2-13-11-14-7-10(15-11)8-3-5-9(12)6-4-8/h3-7H,2H2,1H3,(H,13,14). The van der Waals surface area contributed by atoms with Crippen LogP contribution in [0.2, 0.25) is 0 Å². The van der Waals surface area contributed by atoms with Crippen molar-refractivity contribution < 1.29 is 4.39 Å². The van der Waals surface area contributed by atoms with Gasteiger partial charge in [-0.3, -0.25) is 0 Å². The molecule has 0 aliphatic rings. The van der Waals surface area contributed by atoms with Gasteiger partial charge in [-0.2, -0.15) is 0 Å². The molecule has 2 nitrogen and oxygen atoms in total. The quantitative estimate of drug-likeness (QED) is 0.861. The van der Waals surface area contributed by atoms with Crippen molar-refractivity contribution in [3.63, 3.8) is 0 Å². The topological polar surface area (TPSA) is 24.9 Å². The average Bonchev–Trinajstić information content (AvgIpc) is 2.68. The highest BCUT2D eigenvalue weighted by Gasteiger charge is 2.03. The van der Waals surface area contributed by atoms with Gasteiger partial charge < -0.3 is 5.32 Å². The van der Waals surface area contributed by atoms with Crippen LogP contribution in [0, 0.1) is 5.82 Å². The Morgan fingerprint density at radius 3 is 2.73 bits per heavy atom. The van der Waals surface area contributed by atoms with Crippen molar-refractivity contribution in [1.29, 1.82) is 0 Å². The first kappa shape index (κ1) is 10.1. The molecule has 0 bridgehead atoms. The lowest BCUT2D eigenvalue weighted by Gasteiger charge is -1.96. The highest BCUT2D eigenvalue weighted by molar-refractivity contribution is 7.18. The number of hydrogen-bond acceptors (Lipinski definition) is 3. The number of benzene rings is 1. The van der Waals surface area contributed by atoms with Gasteiger partial charge in [0, 0.05) is 12.7 Å². The van der Waals surface area contributed by atoms with Gasteiger partial charge in [0.05, 0.1) is 4.88 Å². The van der Waals surface area contributed by atoms with E-state index in [1.165, 1.54) is 12.1 Å². The van der Waals surface area contributed by atoms with E-state index in [1.54, 1.807) is 29.7 Å². The normalized spacial score (nSPS) is 10.3. The largest absolute Gasteiger partial charge is 0.362 e. The minimum Gasteiger partial charge on any atom is -0.362 e. The summed E-state index contributed by atoms with van der Waals surface area (Å²) in [6.07, 6.45) is 1.80. The third kappa shape index (κ3) is 2.33. The van der Waals surface area contributed by atoms with Crippen molar-refractivity contribution in [2.24, 2.45) is 0 Å². The maximum Gasteiger partial charge on any atom is 0.183 e. The van der Waals surface area contributed by atoms with E-state index in [4.69, 9.17) is 0 Å². The van der Waals surface area contributed by atoms with Crippen LogP contribution in [-0.2, 0) is 0 Å². The summed E-state index contributed by atoms with van der Waals surface area (Å²) in [4.78, 5) is 5.27. The first-order chi connectivity index (χ1) is 7.29. The Balaban J connectivity index is 2.25. The Bertz CT molecular complexity index is 436. The molecule has 0 radical (unpaired) electrons. The third-order valence-corrected chi connectivity index (χ3v) is 2.97. The van der Waals surface area contributed by atoms with Gasteiger partial charge in [-0.05, 0) is 24.6 Å². The van der Waals surface area contributed by atoms with Crippen LogP contribution in [0.25, 0.3) is 10.4 Å². The molecule has 0 fully saturated rings. The van der Waals surface area contributed by atoms with Gasteiger partial charge in [-0.25, -0.2) is 9.37 Å². The zero-order valence-corrected chi connectivity index (χ0v) is 9.14. The molecule has 1 heterocycles. The molecule has 0 aliphatic carbocycles. The first-order valence-electron chi connectivity index (χ1n) is 4.75. The first-order valence-corrected chi connectivity index (χ1v) is 5.57. The summed E-state index contributed by atoms with van der Waals surface area (Å²) in [6, 6.07) is 6.45. The van der Waals surface area contributed by atoms with Crippen LogP contribution >= 0.6 is 11.3 Å². The Labute approximate surface area is 91.8 Å². The lowest BCUT2D eigenvalue weighted by Crippen LogP contribution is -1.94. The van der Waals surface area contributed by atoms with E-state index in [9.17, 15) is 4.39 Å². The fourth-order valence-corrected chi connectivity index (χ4v) is 2.14. The summed E-state index contributed by atoms with van der Waals surface area (Å²) in [5, 5.41) is 4.04. The second kappa shape index (κ2) is 4.40. The second-order valence-electron chi connectivity index (χ2n) is 3.07. The summed E-state index contributed by atoms with van der Waals surface area (Å²) < 4.78 is 12.7. The number of aromatic nitrogens is 1. The Morgan fingerprint density at radius 2 is 2.07 bits per heavy atom. The van der Waals surface area contributed by atoms with Gasteiger partial charge in [0.15, 0.2) is 5.13 Å². The fourth-order valence-electron chi connectivity index (χ4n) is 1.25. The van der Waals surface area contributed by atoms with Crippen molar-refractivity contribution in [2.75, 3.05) is 11.9 Å². The molecule has 0 saturated carbocycles. The summed E-state index contributed by atoms with van der Waals surface area (Å²) in [5.41, 5.74) is 0.998. The molecular formula is C11H11FN2S. The number of thiazole rings is 1. The number of nitrogens with one attached hydrogen (secondary N) is 1. The summed E-state index contributed by atoms with van der Waals surface area (Å²) in [7, 11) is 0. The Kier molecular flexibility index (Phi) is 2.97. The van der Waals surface area contributed by atoms with Gasteiger partial charge in [0.25, 0.3) is 0 Å². The lowest BCUT2D eigenvalue weighted by molar-refractivity contribution is 0.628. The van der Waals surface area contributed by atoms with Gasteiger partial charge in [-0.1, -0.05) is 23.5 Å². The highest BCUT2D eigenvalue weighted by Crippen LogP contribution is 2.28. The predicted molar refractivity (Wildman–Crippen MR) is 61.7 cm³/mol. The van der Waals surface area contributed by atoms with Crippen LogP contribution in [0.5, 0.6) is 0 Å². The average molecular weight is 222 g/mol. The molecule has 1 N–H and O–H groups in total. The minimum absolute atomic E-state index is 0.213. The van der Waals surface area contributed by atoms with Crippen molar-refractivity contribution in [3.8, 4) is 10.4 Å². The molecule has 0 saturated heterocycles. The molecule has 1 aromatic heterocycles. The van der Waals surface area contributed by atoms with E-state index in [2.05, 4.69) is 10.3 Å². The van der Waals surface area contributed by atoms with Crippen LogP contribution in [0.1, 0.15) is 6.92 Å². The van der Waals surface area contributed by atoms with E-state index in [-0.39, 0.29) is 5.82 Å². The van der Waals surface area contributed by atoms with Gasteiger partial charge in [0.2, 0.25) is 0 Å². The molecule has 0 unspecified atom stereocenters. The third-order valence-electron chi connectivity index (χ3n) is 1.96. The molecule has 2 rings (SSSR count). The van der Waals surface area contributed by atoms with Gasteiger partial charge in [-0.15, -0.1) is 0 Å². The van der Waals surface area contributed by atoms with Crippen molar-refractivity contribution in [1.82, 2.24) is 4.98 Å². The fraction of sp³-hybridized carbons (Fsp3) is 0.182.